The molecule has 0 radical (unpaired) electrons. The lowest BCUT2D eigenvalue weighted by Gasteiger charge is -2.05. The van der Waals surface area contributed by atoms with Gasteiger partial charge >= 0.3 is 5.97 Å². The molecule has 4 rings (SSSR count). The molecule has 0 aliphatic carbocycles. The van der Waals surface area contributed by atoms with E-state index >= 15 is 0 Å². The third-order valence-electron chi connectivity index (χ3n) is 4.07. The summed E-state index contributed by atoms with van der Waals surface area (Å²) in [4.78, 5) is 17.1. The van der Waals surface area contributed by atoms with Crippen molar-refractivity contribution in [2.45, 2.75) is 6.92 Å². The third kappa shape index (κ3) is 2.51. The molecule has 4 aromatic rings. The van der Waals surface area contributed by atoms with Crippen molar-refractivity contribution in [1.29, 1.82) is 0 Å². The lowest BCUT2D eigenvalue weighted by atomic mass is 10.1. The van der Waals surface area contributed by atoms with Gasteiger partial charge in [0.2, 0.25) is 0 Å². The second kappa shape index (κ2) is 5.82. The predicted molar refractivity (Wildman–Crippen MR) is 95.6 cm³/mol. The maximum Gasteiger partial charge on any atom is 0.348 e. The van der Waals surface area contributed by atoms with Crippen molar-refractivity contribution in [3.05, 3.63) is 71.0 Å². The van der Waals surface area contributed by atoms with Crippen molar-refractivity contribution in [2.24, 2.45) is 0 Å². The van der Waals surface area contributed by atoms with Crippen LogP contribution in [0.3, 0.4) is 0 Å². The van der Waals surface area contributed by atoms with Crippen molar-refractivity contribution in [2.75, 3.05) is 0 Å². The van der Waals surface area contributed by atoms with E-state index in [1.807, 2.05) is 41.7 Å². The van der Waals surface area contributed by atoms with E-state index in [0.717, 1.165) is 33.9 Å². The number of benzene rings is 2. The molecule has 2 aromatic carbocycles. The summed E-state index contributed by atoms with van der Waals surface area (Å²) in [5, 5.41) is 9.58. The second-order valence-corrected chi connectivity index (χ2v) is 6.60. The zero-order chi connectivity index (χ0) is 17.6. The lowest BCUT2D eigenvalue weighted by Crippen LogP contribution is -1.99. The molecular weight excluding hydrogens is 339 g/mol. The molecule has 124 valence electrons. The third-order valence-corrected chi connectivity index (χ3v) is 5.10. The summed E-state index contributed by atoms with van der Waals surface area (Å²) >= 11 is 1.14. The Morgan fingerprint density at radius 2 is 1.76 bits per heavy atom. The number of nitrogens with zero attached hydrogens (tertiary/aromatic N) is 2. The maximum atomic E-state index is 13.2. The molecule has 0 fully saturated rings. The first-order valence-corrected chi connectivity index (χ1v) is 8.44. The minimum absolute atomic E-state index is 0.252. The van der Waals surface area contributed by atoms with Crippen LogP contribution in [0.2, 0.25) is 0 Å². The summed E-state index contributed by atoms with van der Waals surface area (Å²) in [7, 11) is 0. The fourth-order valence-corrected chi connectivity index (χ4v) is 3.96. The Morgan fingerprint density at radius 3 is 2.40 bits per heavy atom. The number of rotatable bonds is 3. The number of hydrogen-bond donors (Lipinski definition) is 1. The molecular formula is C19H13FN2O2S. The average molecular weight is 352 g/mol. The van der Waals surface area contributed by atoms with Crippen molar-refractivity contribution < 1.29 is 14.3 Å². The molecule has 0 aliphatic heterocycles. The first kappa shape index (κ1) is 15.5. The first-order valence-electron chi connectivity index (χ1n) is 7.63. The van der Waals surface area contributed by atoms with E-state index in [-0.39, 0.29) is 10.7 Å². The van der Waals surface area contributed by atoms with Gasteiger partial charge in [0.1, 0.15) is 10.7 Å². The van der Waals surface area contributed by atoms with Gasteiger partial charge in [-0.1, -0.05) is 41.7 Å². The molecule has 0 bridgehead atoms. The van der Waals surface area contributed by atoms with Crippen molar-refractivity contribution in [3.8, 4) is 22.5 Å². The Morgan fingerprint density at radius 1 is 1.08 bits per heavy atom. The van der Waals surface area contributed by atoms with Crippen molar-refractivity contribution in [1.82, 2.24) is 9.38 Å². The highest BCUT2D eigenvalue weighted by Crippen LogP contribution is 2.36. The Labute approximate surface area is 146 Å². The highest BCUT2D eigenvalue weighted by molar-refractivity contribution is 7.19. The van der Waals surface area contributed by atoms with E-state index in [1.54, 1.807) is 12.1 Å². The summed E-state index contributed by atoms with van der Waals surface area (Å²) in [6, 6.07) is 15.5. The van der Waals surface area contributed by atoms with Gasteiger partial charge in [-0.3, -0.25) is 4.40 Å². The number of carboxylic acids is 1. The van der Waals surface area contributed by atoms with Crippen molar-refractivity contribution >= 4 is 22.3 Å². The predicted octanol–water partition coefficient (Wildman–Crippen LogP) is 4.88. The number of aryl methyl sites for hydroxylation is 1. The summed E-state index contributed by atoms with van der Waals surface area (Å²) < 4.78 is 15.0. The number of imidazole rings is 1. The Bertz CT molecular complexity index is 1080. The molecule has 0 unspecified atom stereocenters. The summed E-state index contributed by atoms with van der Waals surface area (Å²) in [5.41, 5.74) is 3.78. The molecule has 25 heavy (non-hydrogen) atoms. The fraction of sp³-hybridized carbons (Fsp3) is 0.0526. The van der Waals surface area contributed by atoms with Gasteiger partial charge in [-0.05, 0) is 31.2 Å². The number of carboxylic acid groups (broad SMARTS) is 1. The van der Waals surface area contributed by atoms with Crippen LogP contribution in [0.25, 0.3) is 27.5 Å². The van der Waals surface area contributed by atoms with Crippen LogP contribution in [0.1, 0.15) is 15.4 Å². The Kier molecular flexibility index (Phi) is 3.62. The summed E-state index contributed by atoms with van der Waals surface area (Å²) in [6.45, 7) is 1.89. The van der Waals surface area contributed by atoms with E-state index in [9.17, 15) is 14.3 Å². The quantitative estimate of drug-likeness (QED) is 0.572. The fourth-order valence-electron chi connectivity index (χ4n) is 2.93. The first-order chi connectivity index (χ1) is 12.1. The molecule has 2 aromatic heterocycles. The average Bonchev–Trinajstić information content (AvgIpc) is 3.14. The monoisotopic (exact) mass is 352 g/mol. The minimum atomic E-state index is -0.975. The molecule has 0 amide bonds. The van der Waals surface area contributed by atoms with Crippen LogP contribution >= 0.6 is 11.3 Å². The van der Waals surface area contributed by atoms with Crippen LogP contribution in [0, 0.1) is 12.7 Å². The highest BCUT2D eigenvalue weighted by atomic mass is 32.1. The Hall–Kier alpha value is -2.99. The molecule has 6 heteroatoms. The molecule has 0 saturated heterocycles. The van der Waals surface area contributed by atoms with Gasteiger partial charge in [-0.25, -0.2) is 14.2 Å². The molecule has 1 N–H and O–H groups in total. The lowest BCUT2D eigenvalue weighted by molar-refractivity contribution is 0.0702. The molecule has 0 aliphatic rings. The zero-order valence-electron chi connectivity index (χ0n) is 13.2. The smallest absolute Gasteiger partial charge is 0.348 e. The van der Waals surface area contributed by atoms with Gasteiger partial charge in [0.15, 0.2) is 4.96 Å². The standard InChI is InChI=1S/C19H13FN2O2S/c1-11-15(12-7-9-14(20)10-8-12)21-19-22(11)16(17(25-19)18(23)24)13-5-3-2-4-6-13/h2-10H,1H3,(H,23,24). The summed E-state index contributed by atoms with van der Waals surface area (Å²) in [6.07, 6.45) is 0. The number of halogens is 1. The molecule has 0 spiro atoms. The van der Waals surface area contributed by atoms with Gasteiger partial charge in [-0.15, -0.1) is 0 Å². The van der Waals surface area contributed by atoms with E-state index in [0.29, 0.717) is 10.7 Å². The summed E-state index contributed by atoms with van der Waals surface area (Å²) in [5.74, 6) is -1.28. The van der Waals surface area contributed by atoms with E-state index < -0.39 is 5.97 Å². The van der Waals surface area contributed by atoms with Crippen LogP contribution in [0.4, 0.5) is 4.39 Å². The van der Waals surface area contributed by atoms with Gasteiger partial charge in [0.05, 0.1) is 11.4 Å². The number of hydrogen-bond acceptors (Lipinski definition) is 3. The number of aromatic nitrogens is 2. The number of aromatic carboxylic acids is 1. The topological polar surface area (TPSA) is 54.6 Å². The van der Waals surface area contributed by atoms with E-state index in [2.05, 4.69) is 4.98 Å². The maximum absolute atomic E-state index is 13.2. The van der Waals surface area contributed by atoms with Crippen molar-refractivity contribution in [3.63, 3.8) is 0 Å². The highest BCUT2D eigenvalue weighted by Gasteiger charge is 2.23. The number of carbonyl (C=O) groups is 1. The van der Waals surface area contributed by atoms with Gasteiger partial charge < -0.3 is 5.11 Å². The zero-order valence-corrected chi connectivity index (χ0v) is 14.0. The minimum Gasteiger partial charge on any atom is -0.477 e. The van der Waals surface area contributed by atoms with Crippen LogP contribution in [-0.4, -0.2) is 20.5 Å². The van der Waals surface area contributed by atoms with Crippen LogP contribution in [0.5, 0.6) is 0 Å². The van der Waals surface area contributed by atoms with Gasteiger partial charge in [-0.2, -0.15) is 0 Å². The van der Waals surface area contributed by atoms with Crippen LogP contribution in [-0.2, 0) is 0 Å². The number of thiazole rings is 1. The second-order valence-electron chi connectivity index (χ2n) is 5.62. The van der Waals surface area contributed by atoms with E-state index in [4.69, 9.17) is 0 Å². The SMILES string of the molecule is Cc1c(-c2ccc(F)cc2)nc2sc(C(=O)O)c(-c3ccccc3)n12. The van der Waals surface area contributed by atoms with E-state index in [1.165, 1.54) is 12.1 Å². The molecule has 2 heterocycles. The Balaban J connectivity index is 2.01. The molecule has 0 atom stereocenters. The van der Waals surface area contributed by atoms with Gasteiger partial charge in [0.25, 0.3) is 0 Å². The van der Waals surface area contributed by atoms with Crippen LogP contribution < -0.4 is 0 Å². The molecule has 0 saturated carbocycles. The van der Waals surface area contributed by atoms with Gasteiger partial charge in [0, 0.05) is 16.8 Å². The van der Waals surface area contributed by atoms with Crippen LogP contribution in [0.15, 0.2) is 54.6 Å². The normalized spacial score (nSPS) is 11.1. The number of fused-ring (bicyclic) bond motifs is 1. The molecule has 4 nitrogen and oxygen atoms in total. The largest absolute Gasteiger partial charge is 0.477 e.